The number of methoxy groups -OCH3 is 2. The molecule has 1 unspecified atom stereocenters. The number of Topliss-reactive ketones (excluding diaryl/α,β-unsaturated/α-hetero) is 1. The minimum absolute atomic E-state index is 0.0337. The van der Waals surface area contributed by atoms with E-state index in [1.54, 1.807) is 25.2 Å². The summed E-state index contributed by atoms with van der Waals surface area (Å²) >= 11 is 6.23. The number of amides is 1. The second-order valence-electron chi connectivity index (χ2n) is 7.67. The molecule has 1 aliphatic heterocycles. The first-order valence-electron chi connectivity index (χ1n) is 10.0. The fourth-order valence-corrected chi connectivity index (χ4v) is 4.62. The van der Waals surface area contributed by atoms with E-state index < -0.39 is 0 Å². The number of allylic oxidation sites excluding steroid dienone is 2. The van der Waals surface area contributed by atoms with Gasteiger partial charge >= 0.3 is 0 Å². The highest BCUT2D eigenvalue weighted by molar-refractivity contribution is 6.31. The lowest BCUT2D eigenvalue weighted by Gasteiger charge is -2.39. The number of hydrogen-bond acceptors (Lipinski definition) is 4. The van der Waals surface area contributed by atoms with Gasteiger partial charge in [-0.15, -0.1) is 0 Å². The molecule has 156 valence electrons. The molecule has 1 heterocycles. The van der Waals surface area contributed by atoms with Gasteiger partial charge in [0, 0.05) is 35.1 Å². The maximum absolute atomic E-state index is 13.4. The fraction of sp³-hybridized carbons (Fsp3) is 0.333. The first-order chi connectivity index (χ1) is 14.4. The molecule has 30 heavy (non-hydrogen) atoms. The Morgan fingerprint density at radius 1 is 1.00 bits per heavy atom. The lowest BCUT2D eigenvalue weighted by molar-refractivity contribution is -0.119. The molecule has 0 N–H and O–H groups in total. The molecule has 1 aliphatic carbocycles. The zero-order valence-corrected chi connectivity index (χ0v) is 18.1. The van der Waals surface area contributed by atoms with Crippen LogP contribution in [0.15, 0.2) is 47.7 Å². The number of rotatable bonds is 4. The summed E-state index contributed by atoms with van der Waals surface area (Å²) in [7, 11) is 3.16. The van der Waals surface area contributed by atoms with Crippen molar-refractivity contribution in [2.75, 3.05) is 19.1 Å². The van der Waals surface area contributed by atoms with E-state index in [9.17, 15) is 9.59 Å². The van der Waals surface area contributed by atoms with Gasteiger partial charge < -0.3 is 9.47 Å². The van der Waals surface area contributed by atoms with E-state index in [2.05, 4.69) is 0 Å². The quantitative estimate of drug-likeness (QED) is 0.676. The average Bonchev–Trinajstić information content (AvgIpc) is 2.74. The van der Waals surface area contributed by atoms with E-state index >= 15 is 0 Å². The number of benzene rings is 2. The molecular formula is C24H24ClNO4. The van der Waals surface area contributed by atoms with E-state index in [1.165, 1.54) is 0 Å². The standard InChI is InChI=1S/C24H24ClNO4/c1-14-7-9-16(25)12-19(14)26-18-5-4-6-20(27)24(18)17(13-23(26)28)15-8-10-21(29-2)22(11-15)30-3/h7-12,17H,4-6,13H2,1-3H3. The van der Waals surface area contributed by atoms with Crippen LogP contribution in [0, 0.1) is 6.92 Å². The Hall–Kier alpha value is -2.79. The molecule has 0 saturated carbocycles. The van der Waals surface area contributed by atoms with Crippen LogP contribution in [0.2, 0.25) is 5.02 Å². The van der Waals surface area contributed by atoms with E-state index in [1.807, 2.05) is 37.3 Å². The van der Waals surface area contributed by atoms with Crippen molar-refractivity contribution >= 4 is 29.0 Å². The SMILES string of the molecule is COc1ccc(C2CC(=O)N(c3cc(Cl)ccc3C)C3=C2C(=O)CCC3)cc1OC. The summed E-state index contributed by atoms with van der Waals surface area (Å²) in [6.07, 6.45) is 2.13. The number of halogens is 1. The Balaban J connectivity index is 1.87. The van der Waals surface area contributed by atoms with Gasteiger partial charge in [-0.2, -0.15) is 0 Å². The molecule has 2 aliphatic rings. The van der Waals surface area contributed by atoms with Crippen LogP contribution in [0.1, 0.15) is 42.7 Å². The second-order valence-corrected chi connectivity index (χ2v) is 8.10. The highest BCUT2D eigenvalue weighted by Crippen LogP contribution is 2.45. The van der Waals surface area contributed by atoms with Gasteiger partial charge in [0.15, 0.2) is 17.3 Å². The van der Waals surface area contributed by atoms with Crippen LogP contribution in [-0.2, 0) is 9.59 Å². The second kappa shape index (κ2) is 8.15. The fourth-order valence-electron chi connectivity index (χ4n) is 4.45. The molecule has 0 saturated heterocycles. The monoisotopic (exact) mass is 425 g/mol. The topological polar surface area (TPSA) is 55.8 Å². The van der Waals surface area contributed by atoms with Crippen LogP contribution in [0.25, 0.3) is 0 Å². The van der Waals surface area contributed by atoms with Crippen molar-refractivity contribution in [2.45, 2.75) is 38.5 Å². The van der Waals surface area contributed by atoms with E-state index in [0.29, 0.717) is 29.4 Å². The molecule has 0 aromatic heterocycles. The first-order valence-corrected chi connectivity index (χ1v) is 10.4. The van der Waals surface area contributed by atoms with E-state index in [4.69, 9.17) is 21.1 Å². The Kier molecular flexibility index (Phi) is 5.56. The van der Waals surface area contributed by atoms with Crippen molar-refractivity contribution in [3.63, 3.8) is 0 Å². The summed E-state index contributed by atoms with van der Waals surface area (Å²) < 4.78 is 10.8. The zero-order valence-electron chi connectivity index (χ0n) is 17.3. The number of carbonyl (C=O) groups excluding carboxylic acids is 2. The maximum atomic E-state index is 13.4. The van der Waals surface area contributed by atoms with Crippen LogP contribution in [-0.4, -0.2) is 25.9 Å². The largest absolute Gasteiger partial charge is 0.493 e. The molecule has 6 heteroatoms. The van der Waals surface area contributed by atoms with Gasteiger partial charge in [0.25, 0.3) is 0 Å². The van der Waals surface area contributed by atoms with Crippen molar-refractivity contribution in [3.8, 4) is 11.5 Å². The minimum Gasteiger partial charge on any atom is -0.493 e. The Bertz CT molecular complexity index is 1060. The van der Waals surface area contributed by atoms with Crippen molar-refractivity contribution in [3.05, 3.63) is 63.8 Å². The van der Waals surface area contributed by atoms with Gasteiger partial charge in [-0.25, -0.2) is 0 Å². The maximum Gasteiger partial charge on any atom is 0.232 e. The van der Waals surface area contributed by atoms with Gasteiger partial charge in [0.2, 0.25) is 5.91 Å². The van der Waals surface area contributed by atoms with E-state index in [-0.39, 0.29) is 24.0 Å². The summed E-state index contributed by atoms with van der Waals surface area (Å²) in [5.74, 6) is 0.974. The Morgan fingerprint density at radius 3 is 2.50 bits per heavy atom. The zero-order chi connectivity index (χ0) is 21.4. The molecule has 0 fully saturated rings. The number of hydrogen-bond donors (Lipinski definition) is 0. The number of ketones is 1. The highest BCUT2D eigenvalue weighted by atomic mass is 35.5. The molecule has 4 rings (SSSR count). The van der Waals surface area contributed by atoms with Gasteiger partial charge in [-0.3, -0.25) is 14.5 Å². The Morgan fingerprint density at radius 2 is 1.77 bits per heavy atom. The third-order valence-corrected chi connectivity index (χ3v) is 6.13. The van der Waals surface area contributed by atoms with Crippen LogP contribution >= 0.6 is 11.6 Å². The number of nitrogens with zero attached hydrogens (tertiary/aromatic N) is 1. The van der Waals surface area contributed by atoms with Gasteiger partial charge in [0.05, 0.1) is 19.9 Å². The summed E-state index contributed by atoms with van der Waals surface area (Å²) in [6, 6.07) is 11.1. The van der Waals surface area contributed by atoms with Crippen molar-refractivity contribution in [1.82, 2.24) is 0 Å². The molecule has 2 aromatic rings. The molecule has 0 radical (unpaired) electrons. The molecule has 5 nitrogen and oxygen atoms in total. The molecule has 0 bridgehead atoms. The molecule has 1 atom stereocenters. The van der Waals surface area contributed by atoms with Crippen molar-refractivity contribution < 1.29 is 19.1 Å². The smallest absolute Gasteiger partial charge is 0.232 e. The minimum atomic E-state index is -0.296. The van der Waals surface area contributed by atoms with Crippen LogP contribution in [0.3, 0.4) is 0 Å². The third kappa shape index (κ3) is 3.47. The van der Waals surface area contributed by atoms with Crippen LogP contribution in [0.5, 0.6) is 11.5 Å². The highest BCUT2D eigenvalue weighted by Gasteiger charge is 2.40. The average molecular weight is 426 g/mol. The molecule has 0 spiro atoms. The predicted molar refractivity (Wildman–Crippen MR) is 116 cm³/mol. The number of ether oxygens (including phenoxy) is 2. The molecule has 2 aromatic carbocycles. The number of aryl methyl sites for hydroxylation is 1. The lowest BCUT2D eigenvalue weighted by Crippen LogP contribution is -2.40. The number of anilines is 1. The van der Waals surface area contributed by atoms with Gasteiger partial charge in [0.1, 0.15) is 0 Å². The number of carbonyl (C=O) groups is 2. The summed E-state index contributed by atoms with van der Waals surface area (Å²) in [6.45, 7) is 1.95. The summed E-state index contributed by atoms with van der Waals surface area (Å²) in [4.78, 5) is 28.1. The van der Waals surface area contributed by atoms with E-state index in [0.717, 1.165) is 34.5 Å². The van der Waals surface area contributed by atoms with Gasteiger partial charge in [-0.05, 0) is 55.2 Å². The normalized spacial score (nSPS) is 19.1. The lowest BCUT2D eigenvalue weighted by atomic mass is 9.77. The molecule has 1 amide bonds. The predicted octanol–water partition coefficient (Wildman–Crippen LogP) is 5.19. The van der Waals surface area contributed by atoms with Crippen molar-refractivity contribution in [2.24, 2.45) is 0 Å². The first kappa shape index (κ1) is 20.5. The molecular weight excluding hydrogens is 402 g/mol. The summed E-state index contributed by atoms with van der Waals surface area (Å²) in [5.41, 5.74) is 4.11. The van der Waals surface area contributed by atoms with Crippen LogP contribution < -0.4 is 14.4 Å². The Labute approximate surface area is 181 Å². The van der Waals surface area contributed by atoms with Crippen LogP contribution in [0.4, 0.5) is 5.69 Å². The third-order valence-electron chi connectivity index (χ3n) is 5.90. The summed E-state index contributed by atoms with van der Waals surface area (Å²) in [5, 5.41) is 0.565. The van der Waals surface area contributed by atoms with Gasteiger partial charge in [-0.1, -0.05) is 23.7 Å². The van der Waals surface area contributed by atoms with Crippen molar-refractivity contribution in [1.29, 1.82) is 0 Å².